The standard InChI is InChI=1S/C30H39F2N5O2/c1-30(2,3)27(37(13-12-25(33)19-31)29(38)35-14-16-39-17-15-35)28-34-26(23-10-7-11-24(32)18-23)21-36(28)20-22-8-5-4-6-9-22/h4-11,18,21,25,27H,12-17,19-20,33H2,1-3H3/t25-,27+/m1/s1. The highest BCUT2D eigenvalue weighted by molar-refractivity contribution is 5.75. The van der Waals surface area contributed by atoms with Crippen LogP contribution in [0.25, 0.3) is 11.3 Å². The van der Waals surface area contributed by atoms with Crippen molar-refractivity contribution in [3.63, 3.8) is 0 Å². The van der Waals surface area contributed by atoms with Gasteiger partial charge in [0.05, 0.1) is 24.9 Å². The summed E-state index contributed by atoms with van der Waals surface area (Å²) >= 11 is 0. The summed E-state index contributed by atoms with van der Waals surface area (Å²) < 4.78 is 35.1. The number of morpholine rings is 1. The maximum Gasteiger partial charge on any atom is 0.320 e. The van der Waals surface area contributed by atoms with Crippen LogP contribution in [0.5, 0.6) is 0 Å². The molecule has 2 N–H and O–H groups in total. The van der Waals surface area contributed by atoms with E-state index in [0.717, 1.165) is 5.56 Å². The van der Waals surface area contributed by atoms with E-state index in [1.807, 2.05) is 47.2 Å². The number of amides is 2. The molecule has 9 heteroatoms. The van der Waals surface area contributed by atoms with E-state index in [4.69, 9.17) is 15.5 Å². The van der Waals surface area contributed by atoms with Crippen LogP contribution in [0, 0.1) is 11.2 Å². The number of carbonyl (C=O) groups is 1. The number of carbonyl (C=O) groups excluding carboxylic acids is 1. The normalized spacial score (nSPS) is 15.7. The van der Waals surface area contributed by atoms with Crippen molar-refractivity contribution < 1.29 is 18.3 Å². The van der Waals surface area contributed by atoms with Crippen molar-refractivity contribution in [2.45, 2.75) is 45.8 Å². The summed E-state index contributed by atoms with van der Waals surface area (Å²) in [6.07, 6.45) is 2.23. The molecule has 0 bridgehead atoms. The van der Waals surface area contributed by atoms with Gasteiger partial charge in [-0.15, -0.1) is 0 Å². The molecule has 0 aliphatic carbocycles. The number of rotatable bonds is 9. The average molecular weight is 540 g/mol. The number of alkyl halides is 1. The molecule has 2 aromatic carbocycles. The summed E-state index contributed by atoms with van der Waals surface area (Å²) in [5.74, 6) is 0.337. The molecule has 0 unspecified atom stereocenters. The second-order valence-corrected chi connectivity index (χ2v) is 11.2. The molecule has 2 heterocycles. The SMILES string of the molecule is CC(C)(C)[C@H](c1nc(-c2cccc(F)c2)cn1Cc1ccccc1)N(CC[C@@H](N)CF)C(=O)N1CCOCC1. The predicted molar refractivity (Wildman–Crippen MR) is 148 cm³/mol. The highest BCUT2D eigenvalue weighted by Gasteiger charge is 2.40. The van der Waals surface area contributed by atoms with Gasteiger partial charge >= 0.3 is 6.03 Å². The summed E-state index contributed by atoms with van der Waals surface area (Å²) in [7, 11) is 0. The minimum absolute atomic E-state index is 0.147. The van der Waals surface area contributed by atoms with Crippen molar-refractivity contribution in [1.82, 2.24) is 19.4 Å². The van der Waals surface area contributed by atoms with Crippen LogP contribution >= 0.6 is 0 Å². The molecule has 1 fully saturated rings. The number of urea groups is 1. The molecule has 1 saturated heterocycles. The van der Waals surface area contributed by atoms with E-state index in [1.165, 1.54) is 12.1 Å². The van der Waals surface area contributed by atoms with Crippen LogP contribution in [0.2, 0.25) is 0 Å². The molecule has 7 nitrogen and oxygen atoms in total. The fourth-order valence-corrected chi connectivity index (χ4v) is 4.99. The van der Waals surface area contributed by atoms with E-state index >= 15 is 0 Å². The molecule has 4 rings (SSSR count). The van der Waals surface area contributed by atoms with Gasteiger partial charge in [0.1, 0.15) is 18.3 Å². The van der Waals surface area contributed by atoms with Crippen molar-refractivity contribution in [3.8, 4) is 11.3 Å². The zero-order chi connectivity index (χ0) is 28.0. The number of imidazole rings is 1. The number of aromatic nitrogens is 2. The third kappa shape index (κ3) is 7.22. The molecule has 210 valence electrons. The summed E-state index contributed by atoms with van der Waals surface area (Å²) in [6, 6.07) is 15.1. The molecule has 1 aliphatic heterocycles. The van der Waals surface area contributed by atoms with E-state index in [0.29, 0.717) is 56.4 Å². The lowest BCUT2D eigenvalue weighted by molar-refractivity contribution is 0.0277. The highest BCUT2D eigenvalue weighted by Crippen LogP contribution is 2.40. The third-order valence-corrected chi connectivity index (χ3v) is 6.97. The van der Waals surface area contributed by atoms with Crippen LogP contribution in [0.3, 0.4) is 0 Å². The maximum atomic E-state index is 14.2. The quantitative estimate of drug-likeness (QED) is 0.402. The monoisotopic (exact) mass is 539 g/mol. The first-order chi connectivity index (χ1) is 18.7. The largest absolute Gasteiger partial charge is 0.378 e. The van der Waals surface area contributed by atoms with Crippen LogP contribution in [0.15, 0.2) is 60.8 Å². The molecule has 39 heavy (non-hydrogen) atoms. The number of hydrogen-bond donors (Lipinski definition) is 1. The Bertz CT molecular complexity index is 1220. The van der Waals surface area contributed by atoms with E-state index in [-0.39, 0.29) is 18.4 Å². The van der Waals surface area contributed by atoms with Crippen LogP contribution in [-0.2, 0) is 11.3 Å². The van der Waals surface area contributed by atoms with Gasteiger partial charge in [-0.3, -0.25) is 0 Å². The van der Waals surface area contributed by atoms with Gasteiger partial charge in [-0.1, -0.05) is 63.2 Å². The second kappa shape index (κ2) is 12.7. The van der Waals surface area contributed by atoms with Crippen molar-refractivity contribution >= 4 is 6.03 Å². The van der Waals surface area contributed by atoms with E-state index in [2.05, 4.69) is 20.8 Å². The van der Waals surface area contributed by atoms with Gasteiger partial charge in [-0.05, 0) is 29.5 Å². The van der Waals surface area contributed by atoms with Gasteiger partial charge in [-0.2, -0.15) is 0 Å². The van der Waals surface area contributed by atoms with E-state index < -0.39 is 24.2 Å². The first-order valence-electron chi connectivity index (χ1n) is 13.5. The summed E-state index contributed by atoms with van der Waals surface area (Å²) in [5, 5.41) is 0. The second-order valence-electron chi connectivity index (χ2n) is 11.2. The zero-order valence-electron chi connectivity index (χ0n) is 23.0. The molecule has 1 aliphatic rings. The number of ether oxygens (including phenoxy) is 1. The fourth-order valence-electron chi connectivity index (χ4n) is 4.99. The number of benzene rings is 2. The molecule has 0 spiro atoms. The molecular formula is C30H39F2N5O2. The Balaban J connectivity index is 1.82. The summed E-state index contributed by atoms with van der Waals surface area (Å²) in [4.78, 5) is 22.6. The van der Waals surface area contributed by atoms with Crippen molar-refractivity contribution in [2.24, 2.45) is 11.1 Å². The molecule has 2 amide bonds. The van der Waals surface area contributed by atoms with Gasteiger partial charge in [0, 0.05) is 44.0 Å². The Morgan fingerprint density at radius 1 is 1.13 bits per heavy atom. The average Bonchev–Trinajstić information content (AvgIpc) is 3.33. The minimum Gasteiger partial charge on any atom is -0.378 e. The van der Waals surface area contributed by atoms with Crippen LogP contribution in [0.4, 0.5) is 13.6 Å². The lowest BCUT2D eigenvalue weighted by Crippen LogP contribution is -2.52. The zero-order valence-corrected chi connectivity index (χ0v) is 23.0. The summed E-state index contributed by atoms with van der Waals surface area (Å²) in [5.41, 5.74) is 7.87. The Kier molecular flexibility index (Phi) is 9.35. The van der Waals surface area contributed by atoms with E-state index in [1.54, 1.807) is 15.9 Å². The van der Waals surface area contributed by atoms with Gasteiger partial charge in [0.25, 0.3) is 0 Å². The number of nitrogens with two attached hydrogens (primary N) is 1. The molecule has 3 aromatic rings. The first kappa shape index (κ1) is 28.7. The van der Waals surface area contributed by atoms with E-state index in [9.17, 15) is 13.6 Å². The Morgan fingerprint density at radius 2 is 1.85 bits per heavy atom. The lowest BCUT2D eigenvalue weighted by atomic mass is 9.84. The molecule has 2 atom stereocenters. The molecule has 0 radical (unpaired) electrons. The smallest absolute Gasteiger partial charge is 0.320 e. The van der Waals surface area contributed by atoms with Crippen LogP contribution in [-0.4, -0.2) is 70.9 Å². The molecule has 0 saturated carbocycles. The van der Waals surface area contributed by atoms with Crippen molar-refractivity contribution in [2.75, 3.05) is 39.5 Å². The molecule has 1 aromatic heterocycles. The van der Waals surface area contributed by atoms with Gasteiger partial charge < -0.3 is 24.8 Å². The van der Waals surface area contributed by atoms with Gasteiger partial charge in [-0.25, -0.2) is 18.6 Å². The van der Waals surface area contributed by atoms with Crippen LogP contribution < -0.4 is 5.73 Å². The third-order valence-electron chi connectivity index (χ3n) is 6.97. The van der Waals surface area contributed by atoms with Crippen LogP contribution in [0.1, 0.15) is 44.6 Å². The van der Waals surface area contributed by atoms with Gasteiger partial charge in [0.2, 0.25) is 0 Å². The van der Waals surface area contributed by atoms with Crippen molar-refractivity contribution in [1.29, 1.82) is 0 Å². The topological polar surface area (TPSA) is 76.6 Å². The Labute approximate surface area is 229 Å². The maximum absolute atomic E-state index is 14.2. The lowest BCUT2D eigenvalue weighted by Gasteiger charge is -2.43. The highest BCUT2D eigenvalue weighted by atomic mass is 19.1. The Morgan fingerprint density at radius 3 is 2.49 bits per heavy atom. The Hall–Kier alpha value is -3.30. The number of halogens is 2. The fraction of sp³-hybridized carbons (Fsp3) is 0.467. The number of hydrogen-bond acceptors (Lipinski definition) is 4. The van der Waals surface area contributed by atoms with Gasteiger partial charge in [0.15, 0.2) is 0 Å². The number of nitrogens with zero attached hydrogens (tertiary/aromatic N) is 4. The predicted octanol–water partition coefficient (Wildman–Crippen LogP) is 5.27. The molecular weight excluding hydrogens is 500 g/mol. The van der Waals surface area contributed by atoms with Crippen molar-refractivity contribution in [3.05, 3.63) is 78.0 Å². The first-order valence-corrected chi connectivity index (χ1v) is 13.5. The minimum atomic E-state index is -0.669. The summed E-state index contributed by atoms with van der Waals surface area (Å²) in [6.45, 7) is 8.23.